The number of anilines is 3. The number of nitrogens with one attached hydrogen (secondary N) is 1. The molecular weight excluding hydrogens is 605 g/mol. The molecule has 0 saturated heterocycles. The maximum Gasteiger partial charge on any atom is 0.220 e. The fourth-order valence-electron chi connectivity index (χ4n) is 7.27. The van der Waals surface area contributed by atoms with Gasteiger partial charge < -0.3 is 16.8 Å². The van der Waals surface area contributed by atoms with Crippen LogP contribution in [0.15, 0.2) is 103 Å². The fraction of sp³-hybridized carbons (Fsp3) is 0.220. The maximum absolute atomic E-state index is 6.34. The third kappa shape index (κ3) is 6.18. The lowest BCUT2D eigenvalue weighted by molar-refractivity contribution is -0.659. The van der Waals surface area contributed by atoms with Gasteiger partial charge in [0, 0.05) is 58.5 Å². The Bertz CT molecular complexity index is 2320. The second-order valence-corrected chi connectivity index (χ2v) is 13.0. The topological polar surface area (TPSA) is 112 Å². The van der Waals surface area contributed by atoms with E-state index in [2.05, 4.69) is 117 Å². The smallest absolute Gasteiger partial charge is 0.220 e. The molecule has 49 heavy (non-hydrogen) atoms. The first-order chi connectivity index (χ1) is 24.1. The number of allylic oxidation sites excluding steroid dienone is 1. The van der Waals surface area contributed by atoms with E-state index in [0.717, 1.165) is 103 Å². The van der Waals surface area contributed by atoms with E-state index in [1.165, 1.54) is 33.3 Å². The van der Waals surface area contributed by atoms with Gasteiger partial charge in [-0.25, -0.2) is 0 Å². The average molecular weight is 646 g/mol. The van der Waals surface area contributed by atoms with E-state index in [0.29, 0.717) is 0 Å². The molecule has 8 rings (SSSR count). The normalized spacial score (nSPS) is 12.6. The molecule has 0 saturated carbocycles. The molecule has 0 atom stereocenters. The van der Waals surface area contributed by atoms with Crippen molar-refractivity contribution in [3.63, 3.8) is 0 Å². The zero-order valence-electron chi connectivity index (χ0n) is 27.6. The summed E-state index contributed by atoms with van der Waals surface area (Å²) in [6, 6.07) is 31.4. The Morgan fingerprint density at radius 1 is 0.796 bits per heavy atom. The third-order valence-electron chi connectivity index (χ3n) is 9.60. The second kappa shape index (κ2) is 13.4. The molecule has 3 heterocycles. The quantitative estimate of drug-likeness (QED) is 0.0575. The Balaban J connectivity index is 0.935. The number of pyridine rings is 2. The summed E-state index contributed by atoms with van der Waals surface area (Å²) in [6.07, 6.45) is 12.6. The Labute approximate surface area is 286 Å². The van der Waals surface area contributed by atoms with Gasteiger partial charge in [-0.1, -0.05) is 59.8 Å². The molecule has 4 aromatic carbocycles. The highest BCUT2D eigenvalue weighted by Gasteiger charge is 2.23. The number of benzene rings is 4. The lowest BCUT2D eigenvalue weighted by Crippen LogP contribution is -2.37. The van der Waals surface area contributed by atoms with Crippen molar-refractivity contribution in [2.24, 2.45) is 0 Å². The summed E-state index contributed by atoms with van der Waals surface area (Å²) >= 11 is 0. The Morgan fingerprint density at radius 3 is 2.51 bits per heavy atom. The number of nitrogen functional groups attached to an aromatic ring is 2. The summed E-state index contributed by atoms with van der Waals surface area (Å²) in [5, 5.41) is 17.3. The number of aryl methyl sites for hydroxylation is 3. The van der Waals surface area contributed by atoms with Gasteiger partial charge in [-0.05, 0) is 74.6 Å². The first kappa shape index (κ1) is 30.6. The molecule has 5 N–H and O–H groups in total. The number of nitrogens with zero attached hydrogens (tertiary/aromatic N) is 5. The molecule has 244 valence electrons. The van der Waals surface area contributed by atoms with E-state index in [-0.39, 0.29) is 0 Å². The lowest BCUT2D eigenvalue weighted by atomic mass is 9.98. The van der Waals surface area contributed by atoms with Crippen LogP contribution in [-0.2, 0) is 25.9 Å². The van der Waals surface area contributed by atoms with Crippen molar-refractivity contribution in [1.82, 2.24) is 20.0 Å². The van der Waals surface area contributed by atoms with Crippen LogP contribution in [0.1, 0.15) is 42.6 Å². The number of hydrogen-bond acceptors (Lipinski definition) is 6. The molecule has 0 spiro atoms. The van der Waals surface area contributed by atoms with Gasteiger partial charge >= 0.3 is 0 Å². The number of fused-ring (bicyclic) bond motifs is 5. The molecule has 0 fully saturated rings. The molecule has 1 aliphatic carbocycles. The first-order valence-electron chi connectivity index (χ1n) is 17.3. The van der Waals surface area contributed by atoms with E-state index >= 15 is 0 Å². The Morgan fingerprint density at radius 2 is 1.61 bits per heavy atom. The minimum absolute atomic E-state index is 0.740. The molecule has 0 bridgehead atoms. The lowest BCUT2D eigenvalue weighted by Gasteiger charge is -2.18. The predicted molar refractivity (Wildman–Crippen MR) is 201 cm³/mol. The highest BCUT2D eigenvalue weighted by Crippen LogP contribution is 2.34. The van der Waals surface area contributed by atoms with Crippen molar-refractivity contribution in [1.29, 1.82) is 0 Å². The highest BCUT2D eigenvalue weighted by molar-refractivity contribution is 6.10. The van der Waals surface area contributed by atoms with Gasteiger partial charge in [0.1, 0.15) is 6.54 Å². The van der Waals surface area contributed by atoms with Crippen LogP contribution in [0.4, 0.5) is 17.1 Å². The average Bonchev–Trinajstić information content (AvgIpc) is 3.58. The number of hydrogen-bond donors (Lipinski definition) is 3. The zero-order valence-corrected chi connectivity index (χ0v) is 27.6. The highest BCUT2D eigenvalue weighted by atomic mass is 15.4. The SMILES string of the molecule is Nc1ccc2c(c1)c(-c1ccccc1)[n+](CCCCCc1cn(CCNc3c4c(nc5ccccc35)CCC=C4)nn1)c1cc(N)ccc21. The summed E-state index contributed by atoms with van der Waals surface area (Å²) in [4.78, 5) is 4.93. The van der Waals surface area contributed by atoms with Crippen LogP contribution in [-0.4, -0.2) is 26.5 Å². The van der Waals surface area contributed by atoms with E-state index in [4.69, 9.17) is 16.5 Å². The number of rotatable bonds is 11. The van der Waals surface area contributed by atoms with Gasteiger partial charge in [-0.15, -0.1) is 5.10 Å². The molecule has 7 aromatic rings. The third-order valence-corrected chi connectivity index (χ3v) is 9.60. The van der Waals surface area contributed by atoms with Crippen LogP contribution in [0, 0.1) is 0 Å². The maximum atomic E-state index is 6.34. The molecule has 1 aliphatic rings. The van der Waals surface area contributed by atoms with Crippen LogP contribution in [0.25, 0.3) is 49.9 Å². The van der Waals surface area contributed by atoms with Crippen LogP contribution in [0.2, 0.25) is 0 Å². The van der Waals surface area contributed by atoms with Gasteiger partial charge in [-0.2, -0.15) is 4.57 Å². The minimum atomic E-state index is 0.740. The van der Waals surface area contributed by atoms with Crippen molar-refractivity contribution in [3.8, 4) is 11.3 Å². The summed E-state index contributed by atoms with van der Waals surface area (Å²) < 4.78 is 4.39. The summed E-state index contributed by atoms with van der Waals surface area (Å²) in [7, 11) is 0. The number of para-hydroxylation sites is 1. The van der Waals surface area contributed by atoms with Crippen LogP contribution in [0.5, 0.6) is 0 Å². The molecule has 0 amide bonds. The van der Waals surface area contributed by atoms with Crippen LogP contribution >= 0.6 is 0 Å². The number of aromatic nitrogens is 5. The van der Waals surface area contributed by atoms with Gasteiger partial charge in [0.25, 0.3) is 0 Å². The monoisotopic (exact) mass is 645 g/mol. The molecule has 0 aliphatic heterocycles. The zero-order chi connectivity index (χ0) is 33.2. The molecule has 3 aromatic heterocycles. The molecule has 0 unspecified atom stereocenters. The Hall–Kier alpha value is -5.76. The van der Waals surface area contributed by atoms with Gasteiger partial charge in [0.2, 0.25) is 11.2 Å². The first-order valence-corrected chi connectivity index (χ1v) is 17.3. The van der Waals surface area contributed by atoms with E-state index in [1.54, 1.807) is 0 Å². The molecule has 8 nitrogen and oxygen atoms in total. The number of nitrogens with two attached hydrogens (primary N) is 2. The number of unbranched alkanes of at least 4 members (excludes halogenated alkanes) is 2. The Kier molecular flexibility index (Phi) is 8.35. The van der Waals surface area contributed by atoms with Crippen LogP contribution < -0.4 is 21.4 Å². The van der Waals surface area contributed by atoms with Crippen molar-refractivity contribution in [2.45, 2.75) is 51.6 Å². The molecular formula is C41H41N8+. The minimum Gasteiger partial charge on any atom is -0.399 e. The van der Waals surface area contributed by atoms with Crippen molar-refractivity contribution in [2.75, 3.05) is 23.3 Å². The molecule has 0 radical (unpaired) electrons. The van der Waals surface area contributed by atoms with E-state index in [1.807, 2.05) is 16.8 Å². The summed E-state index contributed by atoms with van der Waals surface area (Å²) in [5.74, 6) is 0. The van der Waals surface area contributed by atoms with Gasteiger partial charge in [0.05, 0.1) is 39.9 Å². The van der Waals surface area contributed by atoms with Crippen LogP contribution in [0.3, 0.4) is 0 Å². The van der Waals surface area contributed by atoms with Crippen molar-refractivity contribution in [3.05, 3.63) is 120 Å². The summed E-state index contributed by atoms with van der Waals surface area (Å²) in [6.45, 7) is 2.37. The standard InChI is InChI=1S/C41H40N8/c42-29-18-20-32-33-21-19-30(43)26-39(33)49(41(36(32)25-29)28-11-3-1-4-12-28)23-10-2-5-13-31-27-48(47-46-31)24-22-44-40-34-14-6-8-16-37(34)45-38-17-9-7-15-35(38)40/h1,3-4,6-8,11-12,14-16,18-21,25-27,43H,2,5,9-10,13,17,22-24,42H2,(H,44,45)/p+1. The fourth-order valence-corrected chi connectivity index (χ4v) is 7.27. The van der Waals surface area contributed by atoms with E-state index < -0.39 is 0 Å². The van der Waals surface area contributed by atoms with Crippen molar-refractivity contribution < 1.29 is 4.57 Å². The summed E-state index contributed by atoms with van der Waals surface area (Å²) in [5.41, 5.74) is 23.3. The largest absolute Gasteiger partial charge is 0.399 e. The molecule has 8 heteroatoms. The predicted octanol–water partition coefficient (Wildman–Crippen LogP) is 7.74. The van der Waals surface area contributed by atoms with E-state index in [9.17, 15) is 0 Å². The van der Waals surface area contributed by atoms with Gasteiger partial charge in [0.15, 0.2) is 0 Å². The van der Waals surface area contributed by atoms with Gasteiger partial charge in [-0.3, -0.25) is 9.67 Å². The second-order valence-electron chi connectivity index (χ2n) is 13.0. The van der Waals surface area contributed by atoms with Crippen molar-refractivity contribution >= 4 is 55.7 Å².